The first-order chi connectivity index (χ1) is 14.5. The summed E-state index contributed by atoms with van der Waals surface area (Å²) in [5.41, 5.74) is 3.17. The minimum Gasteiger partial charge on any atom is -0.360 e. The summed E-state index contributed by atoms with van der Waals surface area (Å²) in [7, 11) is 0. The van der Waals surface area contributed by atoms with E-state index in [1.54, 1.807) is 24.4 Å². The summed E-state index contributed by atoms with van der Waals surface area (Å²) in [5, 5.41) is 12.3. The van der Waals surface area contributed by atoms with Crippen molar-refractivity contribution in [2.75, 3.05) is 5.32 Å². The number of amides is 1. The van der Waals surface area contributed by atoms with Crippen molar-refractivity contribution in [3.05, 3.63) is 75.3 Å². The standard InChI is InChI=1S/C20H14Br2ClN5O2/c1-11-4-2-5-13(15-8-12(10-21)30-27-15)18(11)25-20(29)16-9-17(22)26-28(16)19-14(23)6-3-7-24-19/h2-9H,10H2,1H3,(H,25,29). The van der Waals surface area contributed by atoms with Crippen LogP contribution in [0.3, 0.4) is 0 Å². The highest BCUT2D eigenvalue weighted by Gasteiger charge is 2.21. The van der Waals surface area contributed by atoms with Crippen molar-refractivity contribution in [2.45, 2.75) is 12.3 Å². The number of hydrogen-bond acceptors (Lipinski definition) is 5. The highest BCUT2D eigenvalue weighted by Crippen LogP contribution is 2.32. The van der Waals surface area contributed by atoms with Crippen LogP contribution in [-0.2, 0) is 5.33 Å². The third kappa shape index (κ3) is 4.05. The molecule has 1 amide bonds. The van der Waals surface area contributed by atoms with Gasteiger partial charge in [-0.25, -0.2) is 9.67 Å². The highest BCUT2D eigenvalue weighted by atomic mass is 79.9. The predicted octanol–water partition coefficient (Wildman–Crippen LogP) is 5.79. The Balaban J connectivity index is 1.74. The molecule has 1 aromatic carbocycles. The number of nitrogens with one attached hydrogen (secondary N) is 1. The summed E-state index contributed by atoms with van der Waals surface area (Å²) in [6, 6.07) is 12.5. The van der Waals surface area contributed by atoms with E-state index in [0.717, 1.165) is 11.1 Å². The van der Waals surface area contributed by atoms with Gasteiger partial charge < -0.3 is 9.84 Å². The van der Waals surface area contributed by atoms with Crippen molar-refractivity contribution < 1.29 is 9.32 Å². The van der Waals surface area contributed by atoms with Gasteiger partial charge in [0.2, 0.25) is 0 Å². The number of halogens is 3. The molecule has 0 spiro atoms. The summed E-state index contributed by atoms with van der Waals surface area (Å²) in [5.74, 6) is 0.684. The molecule has 4 aromatic rings. The first kappa shape index (κ1) is 20.8. The number of para-hydroxylation sites is 1. The van der Waals surface area contributed by atoms with Crippen LogP contribution in [0.15, 0.2) is 57.8 Å². The minimum atomic E-state index is -0.366. The van der Waals surface area contributed by atoms with Crippen molar-refractivity contribution in [1.29, 1.82) is 0 Å². The fourth-order valence-electron chi connectivity index (χ4n) is 2.94. The zero-order chi connectivity index (χ0) is 21.3. The maximum absolute atomic E-state index is 13.2. The van der Waals surface area contributed by atoms with E-state index < -0.39 is 0 Å². The molecule has 0 saturated carbocycles. The third-order valence-corrected chi connectivity index (χ3v) is 5.56. The molecule has 152 valence electrons. The van der Waals surface area contributed by atoms with E-state index in [0.29, 0.717) is 37.9 Å². The number of rotatable bonds is 5. The van der Waals surface area contributed by atoms with E-state index in [1.165, 1.54) is 4.68 Å². The molecule has 30 heavy (non-hydrogen) atoms. The number of hydrogen-bond donors (Lipinski definition) is 1. The molecule has 0 aliphatic heterocycles. The van der Waals surface area contributed by atoms with E-state index in [1.807, 2.05) is 31.2 Å². The van der Waals surface area contributed by atoms with Gasteiger partial charge in [-0.1, -0.05) is 50.9 Å². The van der Waals surface area contributed by atoms with E-state index in [2.05, 4.69) is 52.4 Å². The lowest BCUT2D eigenvalue weighted by Gasteiger charge is -2.13. The zero-order valence-corrected chi connectivity index (χ0v) is 19.5. The zero-order valence-electron chi connectivity index (χ0n) is 15.6. The van der Waals surface area contributed by atoms with Gasteiger partial charge in [-0.15, -0.1) is 0 Å². The maximum atomic E-state index is 13.2. The van der Waals surface area contributed by atoms with Crippen LogP contribution in [0, 0.1) is 6.92 Å². The Morgan fingerprint density at radius 3 is 2.83 bits per heavy atom. The van der Waals surface area contributed by atoms with E-state index >= 15 is 0 Å². The molecular formula is C20H14Br2ClN5O2. The lowest BCUT2D eigenvalue weighted by molar-refractivity contribution is 0.101. The van der Waals surface area contributed by atoms with Gasteiger partial charge in [-0.2, -0.15) is 5.10 Å². The van der Waals surface area contributed by atoms with Crippen LogP contribution in [0.5, 0.6) is 0 Å². The topological polar surface area (TPSA) is 85.8 Å². The molecular weight excluding hydrogens is 538 g/mol. The molecule has 4 rings (SSSR count). The number of carbonyl (C=O) groups excluding carboxylic acids is 1. The normalized spacial score (nSPS) is 10.9. The summed E-state index contributed by atoms with van der Waals surface area (Å²) in [6.45, 7) is 1.91. The van der Waals surface area contributed by atoms with Gasteiger partial charge in [0.15, 0.2) is 5.82 Å². The van der Waals surface area contributed by atoms with Gasteiger partial charge in [0.05, 0.1) is 16.0 Å². The van der Waals surface area contributed by atoms with Crippen molar-refractivity contribution in [3.63, 3.8) is 0 Å². The summed E-state index contributed by atoms with van der Waals surface area (Å²) >= 11 is 12.9. The fraction of sp³-hybridized carbons (Fsp3) is 0.100. The summed E-state index contributed by atoms with van der Waals surface area (Å²) < 4.78 is 7.18. The monoisotopic (exact) mass is 549 g/mol. The number of anilines is 1. The Morgan fingerprint density at radius 1 is 1.27 bits per heavy atom. The smallest absolute Gasteiger partial charge is 0.274 e. The van der Waals surface area contributed by atoms with Gasteiger partial charge in [-0.05, 0) is 40.5 Å². The van der Waals surface area contributed by atoms with Crippen LogP contribution in [0.25, 0.3) is 17.1 Å². The van der Waals surface area contributed by atoms with E-state index in [9.17, 15) is 4.79 Å². The number of aryl methyl sites for hydroxylation is 1. The Hall–Kier alpha value is -2.49. The second-order valence-corrected chi connectivity index (χ2v) is 8.12. The predicted molar refractivity (Wildman–Crippen MR) is 121 cm³/mol. The molecule has 1 N–H and O–H groups in total. The van der Waals surface area contributed by atoms with Crippen LogP contribution >= 0.6 is 43.5 Å². The lowest BCUT2D eigenvalue weighted by Crippen LogP contribution is -2.18. The molecule has 0 radical (unpaired) electrons. The quantitative estimate of drug-likeness (QED) is 0.317. The molecule has 0 unspecified atom stereocenters. The highest BCUT2D eigenvalue weighted by molar-refractivity contribution is 9.10. The number of benzene rings is 1. The number of alkyl halides is 1. The number of carbonyl (C=O) groups is 1. The Labute approximate surface area is 193 Å². The second-order valence-electron chi connectivity index (χ2n) is 6.34. The first-order valence-electron chi connectivity index (χ1n) is 8.77. The largest absolute Gasteiger partial charge is 0.360 e. The number of aromatic nitrogens is 4. The SMILES string of the molecule is Cc1cccc(-c2cc(CBr)on2)c1NC(=O)c1cc(Br)nn1-c1ncccc1Cl. The second kappa shape index (κ2) is 8.71. The van der Waals surface area contributed by atoms with Gasteiger partial charge in [-0.3, -0.25) is 4.79 Å². The van der Waals surface area contributed by atoms with E-state index in [-0.39, 0.29) is 11.6 Å². The van der Waals surface area contributed by atoms with Gasteiger partial charge in [0.1, 0.15) is 21.8 Å². The van der Waals surface area contributed by atoms with Gasteiger partial charge >= 0.3 is 0 Å². The van der Waals surface area contributed by atoms with Crippen molar-refractivity contribution in [3.8, 4) is 17.1 Å². The van der Waals surface area contributed by atoms with Crippen molar-refractivity contribution >= 4 is 55.1 Å². The van der Waals surface area contributed by atoms with Crippen LogP contribution in [0.2, 0.25) is 5.02 Å². The molecule has 3 heterocycles. The lowest BCUT2D eigenvalue weighted by atomic mass is 10.0. The van der Waals surface area contributed by atoms with Crippen LogP contribution in [0.4, 0.5) is 5.69 Å². The molecule has 0 aliphatic carbocycles. The molecule has 10 heteroatoms. The Morgan fingerprint density at radius 2 is 2.10 bits per heavy atom. The Bertz CT molecular complexity index is 1240. The molecule has 0 aliphatic rings. The van der Waals surface area contributed by atoms with Crippen LogP contribution in [-0.4, -0.2) is 25.8 Å². The van der Waals surface area contributed by atoms with Gasteiger partial charge in [0, 0.05) is 23.9 Å². The minimum absolute atomic E-state index is 0.276. The van der Waals surface area contributed by atoms with Crippen LogP contribution in [0.1, 0.15) is 21.8 Å². The summed E-state index contributed by atoms with van der Waals surface area (Å²) in [6.07, 6.45) is 1.59. The number of nitrogens with zero attached hydrogens (tertiary/aromatic N) is 4. The molecule has 0 saturated heterocycles. The fourth-order valence-corrected chi connectivity index (χ4v) is 3.78. The van der Waals surface area contributed by atoms with Crippen LogP contribution < -0.4 is 5.32 Å². The number of pyridine rings is 1. The van der Waals surface area contributed by atoms with E-state index in [4.69, 9.17) is 16.1 Å². The average molecular weight is 552 g/mol. The third-order valence-electron chi connectivity index (χ3n) is 4.33. The Kier molecular flexibility index (Phi) is 6.03. The molecule has 0 bridgehead atoms. The summed E-state index contributed by atoms with van der Waals surface area (Å²) in [4.78, 5) is 17.5. The van der Waals surface area contributed by atoms with Crippen molar-refractivity contribution in [1.82, 2.24) is 19.9 Å². The average Bonchev–Trinajstić information content (AvgIpc) is 3.36. The molecule has 0 fully saturated rings. The maximum Gasteiger partial charge on any atom is 0.274 e. The first-order valence-corrected chi connectivity index (χ1v) is 11.1. The molecule has 0 atom stereocenters. The van der Waals surface area contributed by atoms with Gasteiger partial charge in [0.25, 0.3) is 5.91 Å². The molecule has 7 nitrogen and oxygen atoms in total. The molecule has 3 aromatic heterocycles. The van der Waals surface area contributed by atoms with Crippen molar-refractivity contribution in [2.24, 2.45) is 0 Å².